The molecule has 0 spiro atoms. The van der Waals surface area contributed by atoms with Gasteiger partial charge in [0.15, 0.2) is 18.2 Å². The number of aryl methyl sites for hydroxylation is 1. The van der Waals surface area contributed by atoms with Crippen LogP contribution in [0.5, 0.6) is 0 Å². The van der Waals surface area contributed by atoms with Gasteiger partial charge >= 0.3 is 11.9 Å². The van der Waals surface area contributed by atoms with Crippen LogP contribution in [0.25, 0.3) is 10.8 Å². The Balaban J connectivity index is 1.33. The number of Topliss-reactive ketones (excluding diaryl/α,β-unsaturated/α-hetero) is 2. The van der Waals surface area contributed by atoms with Crippen LogP contribution in [0.3, 0.4) is 0 Å². The average Bonchev–Trinajstić information content (AvgIpc) is 2.88. The molecule has 4 rings (SSSR count). The fraction of sp³-hybridized carbons (Fsp3) is 0.276. The number of aliphatic carboxylic acids is 1. The Morgan fingerprint density at radius 1 is 0.973 bits per heavy atom. The van der Waals surface area contributed by atoms with Gasteiger partial charge in [-0.1, -0.05) is 66.7 Å². The van der Waals surface area contributed by atoms with Gasteiger partial charge in [0.1, 0.15) is 6.04 Å². The van der Waals surface area contributed by atoms with E-state index in [2.05, 4.69) is 5.32 Å². The van der Waals surface area contributed by atoms with Crippen LogP contribution < -0.4 is 5.32 Å². The van der Waals surface area contributed by atoms with E-state index in [1.807, 2.05) is 48.5 Å². The number of amides is 1. The van der Waals surface area contributed by atoms with Crippen LogP contribution in [0.15, 0.2) is 66.7 Å². The van der Waals surface area contributed by atoms with E-state index in [0.717, 1.165) is 21.9 Å². The zero-order valence-corrected chi connectivity index (χ0v) is 20.1. The van der Waals surface area contributed by atoms with Crippen molar-refractivity contribution in [3.63, 3.8) is 0 Å². The third-order valence-electron chi connectivity index (χ3n) is 6.54. The van der Waals surface area contributed by atoms with Gasteiger partial charge in [-0.25, -0.2) is 0 Å². The topological polar surface area (TPSA) is 127 Å². The van der Waals surface area contributed by atoms with Gasteiger partial charge in [0.05, 0.1) is 12.8 Å². The quantitative estimate of drug-likeness (QED) is 0.408. The van der Waals surface area contributed by atoms with E-state index in [1.54, 1.807) is 18.2 Å². The molecule has 8 nitrogen and oxygen atoms in total. The molecule has 0 saturated heterocycles. The highest BCUT2D eigenvalue weighted by molar-refractivity contribution is 6.02. The number of carboxylic acid groups (broad SMARTS) is 1. The maximum absolute atomic E-state index is 12.8. The van der Waals surface area contributed by atoms with Crippen LogP contribution >= 0.6 is 0 Å². The van der Waals surface area contributed by atoms with Crippen LogP contribution in [-0.4, -0.2) is 47.2 Å². The first-order valence-corrected chi connectivity index (χ1v) is 12.1. The number of nitrogens with one attached hydrogen (secondary N) is 1. The Morgan fingerprint density at radius 3 is 2.51 bits per heavy atom. The third kappa shape index (κ3) is 6.46. The number of ether oxygens (including phenoxy) is 1. The molecular weight excluding hydrogens is 474 g/mol. The molecule has 1 amide bonds. The van der Waals surface area contributed by atoms with Crippen molar-refractivity contribution in [2.75, 3.05) is 6.61 Å². The molecule has 0 heterocycles. The molecule has 2 unspecified atom stereocenters. The number of carbonyl (C=O) groups excluding carboxylic acids is 4. The smallest absolute Gasteiger partial charge is 0.310 e. The second-order valence-electron chi connectivity index (χ2n) is 9.12. The number of rotatable bonds is 10. The first-order valence-electron chi connectivity index (χ1n) is 12.1. The normalized spacial score (nSPS) is 15.5. The fourth-order valence-electron chi connectivity index (χ4n) is 4.66. The van der Waals surface area contributed by atoms with Crippen molar-refractivity contribution in [1.29, 1.82) is 0 Å². The van der Waals surface area contributed by atoms with Gasteiger partial charge < -0.3 is 15.2 Å². The summed E-state index contributed by atoms with van der Waals surface area (Å²) in [5.41, 5.74) is 2.26. The van der Waals surface area contributed by atoms with Gasteiger partial charge in [-0.15, -0.1) is 0 Å². The minimum absolute atomic E-state index is 0.0597. The lowest BCUT2D eigenvalue weighted by atomic mass is 9.81. The van der Waals surface area contributed by atoms with Crippen molar-refractivity contribution in [3.05, 3.63) is 83.4 Å². The van der Waals surface area contributed by atoms with Gasteiger partial charge in [0.2, 0.25) is 5.91 Å². The molecule has 0 radical (unpaired) electrons. The molecule has 3 aromatic rings. The maximum atomic E-state index is 12.8. The summed E-state index contributed by atoms with van der Waals surface area (Å²) in [7, 11) is 0. The summed E-state index contributed by atoms with van der Waals surface area (Å²) in [6, 6.07) is 19.0. The van der Waals surface area contributed by atoms with Gasteiger partial charge in [-0.3, -0.25) is 24.0 Å². The second kappa shape index (κ2) is 11.6. The second-order valence-corrected chi connectivity index (χ2v) is 9.12. The average molecular weight is 502 g/mol. The van der Waals surface area contributed by atoms with Crippen LogP contribution in [-0.2, 0) is 36.8 Å². The number of esters is 1. The molecular formula is C29H27NO7. The lowest BCUT2D eigenvalue weighted by Crippen LogP contribution is -2.45. The molecule has 2 atom stereocenters. The molecule has 190 valence electrons. The van der Waals surface area contributed by atoms with Crippen molar-refractivity contribution in [2.45, 2.75) is 38.1 Å². The molecule has 1 aliphatic carbocycles. The summed E-state index contributed by atoms with van der Waals surface area (Å²) in [5, 5.41) is 13.5. The highest BCUT2D eigenvalue weighted by Crippen LogP contribution is 2.27. The Labute approximate surface area is 213 Å². The summed E-state index contributed by atoms with van der Waals surface area (Å²) in [5.74, 6) is -3.95. The van der Waals surface area contributed by atoms with Crippen molar-refractivity contribution in [2.24, 2.45) is 5.92 Å². The van der Waals surface area contributed by atoms with Crippen molar-refractivity contribution < 1.29 is 33.8 Å². The molecule has 3 aromatic carbocycles. The number of hydrogen-bond donors (Lipinski definition) is 2. The number of hydrogen-bond acceptors (Lipinski definition) is 6. The minimum Gasteiger partial charge on any atom is -0.481 e. The number of ketones is 2. The molecule has 0 aromatic heterocycles. The van der Waals surface area contributed by atoms with Crippen LogP contribution in [0.2, 0.25) is 0 Å². The largest absolute Gasteiger partial charge is 0.481 e. The van der Waals surface area contributed by atoms with Gasteiger partial charge in [0, 0.05) is 17.9 Å². The molecule has 37 heavy (non-hydrogen) atoms. The van der Waals surface area contributed by atoms with E-state index in [9.17, 15) is 29.1 Å². The summed E-state index contributed by atoms with van der Waals surface area (Å²) in [4.78, 5) is 61.8. The summed E-state index contributed by atoms with van der Waals surface area (Å²) >= 11 is 0. The Bertz CT molecular complexity index is 1360. The molecule has 1 aliphatic rings. The summed E-state index contributed by atoms with van der Waals surface area (Å²) in [6.45, 7) is -0.669. The lowest BCUT2D eigenvalue weighted by molar-refractivity contribution is -0.148. The standard InChI is InChI=1S/C29H27NO7/c31-25(17-37-28(35)15-20-9-5-8-18-6-1-3-10-22(18)20)24(16-27(33)34)30-26(32)14-21-13-12-19-7-2-4-11-23(19)29(21)36/h1-11,21,24H,12-17H2,(H,30,32)(H,33,34). The Hall–Kier alpha value is -4.33. The minimum atomic E-state index is -1.37. The summed E-state index contributed by atoms with van der Waals surface area (Å²) < 4.78 is 5.12. The number of fused-ring (bicyclic) bond motifs is 2. The van der Waals surface area contributed by atoms with Crippen LogP contribution in [0, 0.1) is 5.92 Å². The highest BCUT2D eigenvalue weighted by Gasteiger charge is 2.31. The highest BCUT2D eigenvalue weighted by atomic mass is 16.5. The van der Waals surface area contributed by atoms with Gasteiger partial charge in [-0.2, -0.15) is 0 Å². The SMILES string of the molecule is O=C(O)CC(NC(=O)CC1CCc2ccccc2C1=O)C(=O)COC(=O)Cc1cccc2ccccc12. The van der Waals surface area contributed by atoms with Crippen molar-refractivity contribution >= 4 is 40.2 Å². The van der Waals surface area contributed by atoms with Gasteiger partial charge in [0.25, 0.3) is 0 Å². The lowest BCUT2D eigenvalue weighted by Gasteiger charge is -2.23. The fourth-order valence-corrected chi connectivity index (χ4v) is 4.66. The number of carbonyl (C=O) groups is 5. The molecule has 0 fully saturated rings. The van der Waals surface area contributed by atoms with E-state index in [-0.39, 0.29) is 18.6 Å². The van der Waals surface area contributed by atoms with Gasteiger partial charge in [-0.05, 0) is 34.7 Å². The van der Waals surface area contributed by atoms with E-state index < -0.39 is 48.6 Å². The molecule has 8 heteroatoms. The first kappa shape index (κ1) is 25.8. The zero-order valence-electron chi connectivity index (χ0n) is 20.1. The molecule has 0 bridgehead atoms. The monoisotopic (exact) mass is 501 g/mol. The number of carboxylic acids is 1. The first-order chi connectivity index (χ1) is 17.8. The molecule has 2 N–H and O–H groups in total. The zero-order chi connectivity index (χ0) is 26.4. The van der Waals surface area contributed by atoms with E-state index in [4.69, 9.17) is 4.74 Å². The molecule has 0 aliphatic heterocycles. The Kier molecular flexibility index (Phi) is 8.08. The molecule has 0 saturated carbocycles. The van der Waals surface area contributed by atoms with Crippen molar-refractivity contribution in [3.8, 4) is 0 Å². The maximum Gasteiger partial charge on any atom is 0.310 e. The number of benzene rings is 3. The Morgan fingerprint density at radius 2 is 1.70 bits per heavy atom. The van der Waals surface area contributed by atoms with E-state index in [0.29, 0.717) is 18.4 Å². The van der Waals surface area contributed by atoms with Crippen LogP contribution in [0.4, 0.5) is 0 Å². The van der Waals surface area contributed by atoms with Crippen molar-refractivity contribution in [1.82, 2.24) is 5.32 Å². The van der Waals surface area contributed by atoms with Crippen LogP contribution in [0.1, 0.15) is 40.7 Å². The predicted octanol–water partition coefficient (Wildman–Crippen LogP) is 3.29. The predicted molar refractivity (Wildman–Crippen MR) is 135 cm³/mol. The summed E-state index contributed by atoms with van der Waals surface area (Å²) in [6.07, 6.45) is 0.275. The van der Waals surface area contributed by atoms with E-state index >= 15 is 0 Å². The van der Waals surface area contributed by atoms with E-state index in [1.165, 1.54) is 0 Å². The third-order valence-corrected chi connectivity index (χ3v) is 6.54.